The van der Waals surface area contributed by atoms with Crippen LogP contribution in [0.25, 0.3) is 0 Å². The molecule has 0 aliphatic carbocycles. The molecule has 2 saturated heterocycles. The third-order valence-corrected chi connectivity index (χ3v) is 3.33. The second-order valence-electron chi connectivity index (χ2n) is 5.33. The number of amides is 4. The highest BCUT2D eigenvalue weighted by molar-refractivity contribution is 5.93. The molecule has 0 saturated carbocycles. The number of nitrogens with one attached hydrogen (secondary N) is 2. The van der Waals surface area contributed by atoms with Gasteiger partial charge in [0.1, 0.15) is 0 Å². The summed E-state index contributed by atoms with van der Waals surface area (Å²) >= 11 is 0. The summed E-state index contributed by atoms with van der Waals surface area (Å²) in [4.78, 5) is 46.5. The van der Waals surface area contributed by atoms with E-state index >= 15 is 0 Å². The maximum atomic E-state index is 11.6. The quantitative estimate of drug-likeness (QED) is 0.548. The van der Waals surface area contributed by atoms with Crippen LogP contribution < -0.4 is 10.6 Å². The lowest BCUT2D eigenvalue weighted by Gasteiger charge is -2.33. The highest BCUT2D eigenvalue weighted by atomic mass is 16.2. The van der Waals surface area contributed by atoms with Crippen molar-refractivity contribution in [2.75, 3.05) is 39.3 Å². The van der Waals surface area contributed by atoms with Crippen molar-refractivity contribution in [3.8, 4) is 18.2 Å². The normalized spacial score (nSPS) is 15.2. The Kier molecular flexibility index (Phi) is 12.3. The molecule has 0 spiro atoms. The van der Waals surface area contributed by atoms with Crippen molar-refractivity contribution < 1.29 is 19.2 Å². The minimum Gasteiger partial charge on any atom is -0.346 e. The second-order valence-corrected chi connectivity index (χ2v) is 5.33. The number of allylic oxidation sites excluding steroid dienone is 1. The van der Waals surface area contributed by atoms with Gasteiger partial charge in [-0.1, -0.05) is 6.58 Å². The van der Waals surface area contributed by atoms with E-state index in [4.69, 9.17) is 15.8 Å². The molecule has 148 valence electrons. The average Bonchev–Trinajstić information content (AvgIpc) is 2.70. The van der Waals surface area contributed by atoms with Crippen molar-refractivity contribution in [1.82, 2.24) is 20.4 Å². The lowest BCUT2D eigenvalue weighted by atomic mass is 10.2. The fourth-order valence-electron chi connectivity index (χ4n) is 1.96. The van der Waals surface area contributed by atoms with E-state index in [1.54, 1.807) is 6.07 Å². The molecule has 4 amide bonds. The lowest BCUT2D eigenvalue weighted by Crippen LogP contribution is -2.53. The summed E-state index contributed by atoms with van der Waals surface area (Å²) in [6, 6.07) is 5.56. The number of nitrogens with zero attached hydrogens (tertiary/aromatic N) is 5. The summed E-state index contributed by atoms with van der Waals surface area (Å²) in [6.07, 6.45) is 1.65. The third-order valence-electron chi connectivity index (χ3n) is 3.33. The Bertz CT molecular complexity index is 650. The zero-order chi connectivity index (χ0) is 21.4. The van der Waals surface area contributed by atoms with Crippen LogP contribution in [0.15, 0.2) is 12.7 Å². The molecule has 11 heteroatoms. The Labute approximate surface area is 162 Å². The van der Waals surface area contributed by atoms with Gasteiger partial charge in [-0.05, 0) is 0 Å². The largest absolute Gasteiger partial charge is 0.346 e. The highest BCUT2D eigenvalue weighted by Gasteiger charge is 2.28. The Hall–Kier alpha value is -3.91. The standard InChI is InChI=1S/C10H12N4O2.C4H6N2O2.C3H3N/c11-3-1-5-13-7-10(16)14(6-2-4-12)8-9(13)15;7-3-1-5-4(8)2-6-3;1-2-3-4/h1-2,5-8H2;1-2H2,(H,5,8)(H,6,7);2H,1H2. The molecule has 0 aromatic rings. The van der Waals surface area contributed by atoms with Gasteiger partial charge in [-0.2, -0.15) is 15.8 Å². The Morgan fingerprint density at radius 3 is 1.46 bits per heavy atom. The maximum Gasteiger partial charge on any atom is 0.242 e. The molecular formula is C17H21N7O4. The summed E-state index contributed by atoms with van der Waals surface area (Å²) in [5.41, 5.74) is 0. The molecule has 0 radical (unpaired) electrons. The Morgan fingerprint density at radius 1 is 0.857 bits per heavy atom. The van der Waals surface area contributed by atoms with Crippen LogP contribution in [0.3, 0.4) is 0 Å². The maximum absolute atomic E-state index is 11.6. The molecule has 0 atom stereocenters. The molecule has 0 aromatic heterocycles. The van der Waals surface area contributed by atoms with Gasteiger partial charge in [0.15, 0.2) is 0 Å². The van der Waals surface area contributed by atoms with E-state index in [2.05, 4.69) is 17.2 Å². The van der Waals surface area contributed by atoms with Crippen LogP contribution in [-0.2, 0) is 19.2 Å². The van der Waals surface area contributed by atoms with Crippen molar-refractivity contribution >= 4 is 23.6 Å². The number of carbonyl (C=O) groups excluding carboxylic acids is 4. The molecule has 0 unspecified atom stereocenters. The van der Waals surface area contributed by atoms with Crippen molar-refractivity contribution in [3.63, 3.8) is 0 Å². The fraction of sp³-hybridized carbons (Fsp3) is 0.471. The molecule has 2 aliphatic heterocycles. The minimum absolute atomic E-state index is 0.0198. The average molecular weight is 387 g/mol. The van der Waals surface area contributed by atoms with Gasteiger partial charge in [-0.3, -0.25) is 19.2 Å². The number of hydrogen-bond acceptors (Lipinski definition) is 7. The van der Waals surface area contributed by atoms with Gasteiger partial charge in [0, 0.05) is 19.2 Å². The van der Waals surface area contributed by atoms with E-state index in [1.807, 2.05) is 12.1 Å². The molecule has 28 heavy (non-hydrogen) atoms. The van der Waals surface area contributed by atoms with Gasteiger partial charge in [0.05, 0.1) is 57.2 Å². The van der Waals surface area contributed by atoms with Gasteiger partial charge >= 0.3 is 0 Å². The molecule has 2 heterocycles. The van der Waals surface area contributed by atoms with Crippen LogP contribution in [-0.4, -0.2) is 72.7 Å². The zero-order valence-corrected chi connectivity index (χ0v) is 15.3. The predicted molar refractivity (Wildman–Crippen MR) is 95.4 cm³/mol. The number of carbonyl (C=O) groups is 4. The third kappa shape index (κ3) is 10.2. The van der Waals surface area contributed by atoms with E-state index in [0.29, 0.717) is 13.1 Å². The van der Waals surface area contributed by atoms with Crippen molar-refractivity contribution in [2.24, 2.45) is 0 Å². The van der Waals surface area contributed by atoms with E-state index in [-0.39, 0.29) is 62.6 Å². The fourth-order valence-corrected chi connectivity index (χ4v) is 1.96. The van der Waals surface area contributed by atoms with Crippen LogP contribution in [0, 0.1) is 34.0 Å². The lowest BCUT2D eigenvalue weighted by molar-refractivity contribution is -0.149. The van der Waals surface area contributed by atoms with Crippen molar-refractivity contribution in [2.45, 2.75) is 12.8 Å². The second kappa shape index (κ2) is 14.3. The number of nitriles is 3. The SMILES string of the molecule is C=CC#N.N#CCCN1CC(=O)N(CCC#N)CC1=O.O=C1CNC(=O)CN1. The smallest absolute Gasteiger partial charge is 0.242 e. The van der Waals surface area contributed by atoms with Gasteiger partial charge in [-0.15, -0.1) is 0 Å². The molecule has 0 aromatic carbocycles. The number of rotatable bonds is 4. The monoisotopic (exact) mass is 387 g/mol. The molecule has 11 nitrogen and oxygen atoms in total. The summed E-state index contributed by atoms with van der Waals surface area (Å²) in [5, 5.41) is 29.1. The van der Waals surface area contributed by atoms with E-state index < -0.39 is 0 Å². The Balaban J connectivity index is 0.000000502. The van der Waals surface area contributed by atoms with Gasteiger partial charge < -0.3 is 20.4 Å². The molecule has 2 fully saturated rings. The van der Waals surface area contributed by atoms with E-state index in [0.717, 1.165) is 0 Å². The van der Waals surface area contributed by atoms with Crippen LogP contribution in [0.5, 0.6) is 0 Å². The molecule has 2 N–H and O–H groups in total. The first kappa shape index (κ1) is 24.1. The zero-order valence-electron chi connectivity index (χ0n) is 15.3. The molecule has 2 aliphatic rings. The number of piperazine rings is 2. The summed E-state index contributed by atoms with van der Waals surface area (Å²) in [7, 11) is 0. The Morgan fingerprint density at radius 2 is 1.21 bits per heavy atom. The molecule has 0 bridgehead atoms. The number of hydrogen-bond donors (Lipinski definition) is 2. The van der Waals surface area contributed by atoms with E-state index in [1.165, 1.54) is 15.9 Å². The van der Waals surface area contributed by atoms with Crippen LogP contribution in [0.1, 0.15) is 12.8 Å². The first-order chi connectivity index (χ1) is 13.4. The van der Waals surface area contributed by atoms with E-state index in [9.17, 15) is 19.2 Å². The summed E-state index contributed by atoms with van der Waals surface area (Å²) in [5.74, 6) is -0.560. The molecule has 2 rings (SSSR count). The van der Waals surface area contributed by atoms with Gasteiger partial charge in [0.25, 0.3) is 0 Å². The van der Waals surface area contributed by atoms with Gasteiger partial charge in [0.2, 0.25) is 23.6 Å². The van der Waals surface area contributed by atoms with Gasteiger partial charge in [-0.25, -0.2) is 0 Å². The van der Waals surface area contributed by atoms with Crippen LogP contribution in [0.4, 0.5) is 0 Å². The van der Waals surface area contributed by atoms with Crippen LogP contribution >= 0.6 is 0 Å². The van der Waals surface area contributed by atoms with Crippen molar-refractivity contribution in [3.05, 3.63) is 12.7 Å². The topological polar surface area (TPSA) is 170 Å². The summed E-state index contributed by atoms with van der Waals surface area (Å²) < 4.78 is 0. The first-order valence-electron chi connectivity index (χ1n) is 8.22. The van der Waals surface area contributed by atoms with Crippen molar-refractivity contribution in [1.29, 1.82) is 15.8 Å². The highest BCUT2D eigenvalue weighted by Crippen LogP contribution is 2.06. The summed E-state index contributed by atoms with van der Waals surface area (Å²) in [6.45, 7) is 4.00. The van der Waals surface area contributed by atoms with Crippen LogP contribution in [0.2, 0.25) is 0 Å². The predicted octanol–water partition coefficient (Wildman–Crippen LogP) is -1.59. The first-order valence-corrected chi connectivity index (χ1v) is 8.22. The minimum atomic E-state index is -0.159. The molecular weight excluding hydrogens is 366 g/mol.